The molecule has 0 amide bonds. The molecule has 0 radical (unpaired) electrons. The number of allylic oxidation sites excluding steroid dienone is 1. The molecule has 7 nitrogen and oxygen atoms in total. The number of ketones is 1. The SMILES string of the molecule is COc1cc(/C=C(/C(=O)c2ccc(OC(C)C)cc2)c2nc3ccccc3o2)cc(OC)c1OC. The van der Waals surface area contributed by atoms with E-state index in [4.69, 9.17) is 23.4 Å². The van der Waals surface area contributed by atoms with E-state index in [1.54, 1.807) is 56.7 Å². The van der Waals surface area contributed by atoms with E-state index in [0.29, 0.717) is 45.2 Å². The minimum atomic E-state index is -0.249. The van der Waals surface area contributed by atoms with Gasteiger partial charge in [0, 0.05) is 5.56 Å². The van der Waals surface area contributed by atoms with E-state index in [9.17, 15) is 4.79 Å². The van der Waals surface area contributed by atoms with Gasteiger partial charge in [0.15, 0.2) is 22.9 Å². The predicted octanol–water partition coefficient (Wildman–Crippen LogP) is 6.06. The number of hydrogen-bond acceptors (Lipinski definition) is 7. The number of ether oxygens (including phenoxy) is 4. The van der Waals surface area contributed by atoms with E-state index in [0.717, 1.165) is 0 Å². The van der Waals surface area contributed by atoms with Gasteiger partial charge >= 0.3 is 0 Å². The maximum absolute atomic E-state index is 13.7. The number of rotatable bonds is 9. The standard InChI is InChI=1S/C28H27NO6/c1-17(2)34-20-12-10-19(11-13-20)26(30)21(28-29-22-8-6-7-9-23(22)35-28)14-18-15-24(31-3)27(33-5)25(16-18)32-4/h6-17H,1-5H3/b21-14-. The van der Waals surface area contributed by atoms with Crippen molar-refractivity contribution in [2.24, 2.45) is 0 Å². The molecule has 7 heteroatoms. The lowest BCUT2D eigenvalue weighted by molar-refractivity contribution is 0.105. The topological polar surface area (TPSA) is 80.0 Å². The zero-order valence-corrected chi connectivity index (χ0v) is 20.3. The summed E-state index contributed by atoms with van der Waals surface area (Å²) < 4.78 is 28.0. The fraction of sp³-hybridized carbons (Fsp3) is 0.214. The highest BCUT2D eigenvalue weighted by molar-refractivity contribution is 6.31. The van der Waals surface area contributed by atoms with Crippen molar-refractivity contribution < 1.29 is 28.2 Å². The summed E-state index contributed by atoms with van der Waals surface area (Å²) in [7, 11) is 4.62. The van der Waals surface area contributed by atoms with E-state index >= 15 is 0 Å². The normalized spacial score (nSPS) is 11.5. The van der Waals surface area contributed by atoms with Gasteiger partial charge in [-0.3, -0.25) is 4.79 Å². The average molecular weight is 474 g/mol. The van der Waals surface area contributed by atoms with Gasteiger partial charge in [-0.15, -0.1) is 0 Å². The van der Waals surface area contributed by atoms with E-state index in [1.165, 1.54) is 7.11 Å². The van der Waals surface area contributed by atoms with Crippen LogP contribution in [0.1, 0.15) is 35.7 Å². The lowest BCUT2D eigenvalue weighted by Crippen LogP contribution is -2.07. The molecule has 4 aromatic rings. The van der Waals surface area contributed by atoms with Crippen LogP contribution in [0.3, 0.4) is 0 Å². The third-order valence-electron chi connectivity index (χ3n) is 5.26. The third kappa shape index (κ3) is 5.14. The van der Waals surface area contributed by atoms with E-state index < -0.39 is 0 Å². The smallest absolute Gasteiger partial charge is 0.231 e. The Kier molecular flexibility index (Phi) is 7.06. The van der Waals surface area contributed by atoms with Crippen LogP contribution in [0.4, 0.5) is 0 Å². The molecule has 0 aliphatic carbocycles. The van der Waals surface area contributed by atoms with Crippen molar-refractivity contribution in [1.82, 2.24) is 4.98 Å². The summed E-state index contributed by atoms with van der Waals surface area (Å²) in [6.45, 7) is 3.90. The molecule has 0 unspecified atom stereocenters. The lowest BCUT2D eigenvalue weighted by Gasteiger charge is -2.13. The lowest BCUT2D eigenvalue weighted by atomic mass is 10.00. The first kappa shape index (κ1) is 23.9. The summed E-state index contributed by atoms with van der Waals surface area (Å²) in [4.78, 5) is 18.3. The first-order valence-electron chi connectivity index (χ1n) is 11.1. The van der Waals surface area contributed by atoms with Crippen molar-refractivity contribution >= 4 is 28.5 Å². The molecule has 0 atom stereocenters. The van der Waals surface area contributed by atoms with Crippen molar-refractivity contribution in [3.05, 3.63) is 77.7 Å². The highest BCUT2D eigenvalue weighted by atomic mass is 16.5. The van der Waals surface area contributed by atoms with Crippen molar-refractivity contribution in [3.63, 3.8) is 0 Å². The van der Waals surface area contributed by atoms with Crippen LogP contribution >= 0.6 is 0 Å². The number of oxazole rings is 1. The Labute approximate surface area is 203 Å². The number of Topliss-reactive ketones (excluding diaryl/α,β-unsaturated/α-hetero) is 1. The van der Waals surface area contributed by atoms with Crippen molar-refractivity contribution in [3.8, 4) is 23.0 Å². The Bertz CT molecular complexity index is 1310. The van der Waals surface area contributed by atoms with Gasteiger partial charge in [0.25, 0.3) is 0 Å². The summed E-state index contributed by atoms with van der Waals surface area (Å²) >= 11 is 0. The van der Waals surface area contributed by atoms with E-state index in [1.807, 2.05) is 38.1 Å². The summed E-state index contributed by atoms with van der Waals surface area (Å²) in [6, 6.07) is 17.9. The molecule has 0 fully saturated rings. The highest BCUT2D eigenvalue weighted by Gasteiger charge is 2.22. The summed E-state index contributed by atoms with van der Waals surface area (Å²) in [5.41, 5.74) is 2.67. The van der Waals surface area contributed by atoms with Gasteiger partial charge in [0.1, 0.15) is 11.3 Å². The van der Waals surface area contributed by atoms with Crippen molar-refractivity contribution in [2.45, 2.75) is 20.0 Å². The zero-order chi connectivity index (χ0) is 24.9. The number of nitrogens with zero attached hydrogens (tertiary/aromatic N) is 1. The molecular formula is C28H27NO6. The fourth-order valence-corrected chi connectivity index (χ4v) is 3.68. The number of fused-ring (bicyclic) bond motifs is 1. The second-order valence-electron chi connectivity index (χ2n) is 8.02. The second-order valence-corrected chi connectivity index (χ2v) is 8.02. The Morgan fingerprint density at radius 1 is 0.914 bits per heavy atom. The molecule has 0 aliphatic rings. The van der Waals surface area contributed by atoms with Crippen LogP contribution < -0.4 is 18.9 Å². The van der Waals surface area contributed by atoms with E-state index in [2.05, 4.69) is 4.98 Å². The number of benzene rings is 3. The summed E-state index contributed by atoms with van der Waals surface area (Å²) in [5, 5.41) is 0. The molecule has 1 aromatic heterocycles. The largest absolute Gasteiger partial charge is 0.493 e. The fourth-order valence-electron chi connectivity index (χ4n) is 3.68. The number of carbonyl (C=O) groups is 1. The van der Waals surface area contributed by atoms with Crippen LogP contribution in [0.15, 0.2) is 65.1 Å². The van der Waals surface area contributed by atoms with E-state index in [-0.39, 0.29) is 23.4 Å². The molecule has 1 heterocycles. The number of hydrogen-bond donors (Lipinski definition) is 0. The molecule has 35 heavy (non-hydrogen) atoms. The number of para-hydroxylation sites is 2. The maximum Gasteiger partial charge on any atom is 0.231 e. The average Bonchev–Trinajstić information content (AvgIpc) is 3.30. The van der Waals surface area contributed by atoms with Crippen LogP contribution in [-0.2, 0) is 0 Å². The number of aromatic nitrogens is 1. The molecule has 0 saturated heterocycles. The Hall–Kier alpha value is -4.26. The molecule has 180 valence electrons. The van der Waals surface area contributed by atoms with Gasteiger partial charge in [-0.25, -0.2) is 4.98 Å². The molecule has 0 N–H and O–H groups in total. The van der Waals surface area contributed by atoms with Crippen molar-refractivity contribution in [2.75, 3.05) is 21.3 Å². The molecule has 0 saturated carbocycles. The quantitative estimate of drug-likeness (QED) is 0.216. The first-order valence-corrected chi connectivity index (χ1v) is 11.1. The van der Waals surface area contributed by atoms with Gasteiger partial charge in [-0.2, -0.15) is 0 Å². The number of methoxy groups -OCH3 is 3. The highest BCUT2D eigenvalue weighted by Crippen LogP contribution is 2.39. The summed E-state index contributed by atoms with van der Waals surface area (Å²) in [6.07, 6.45) is 1.74. The zero-order valence-electron chi connectivity index (χ0n) is 20.3. The minimum Gasteiger partial charge on any atom is -0.493 e. The van der Waals surface area contributed by atoms with Gasteiger partial charge < -0.3 is 23.4 Å². The van der Waals surface area contributed by atoms with Gasteiger partial charge in [0.05, 0.1) is 33.0 Å². The minimum absolute atomic E-state index is 0.0341. The van der Waals surface area contributed by atoms with Crippen molar-refractivity contribution in [1.29, 1.82) is 0 Å². The molecule has 0 aliphatic heterocycles. The Morgan fingerprint density at radius 2 is 1.57 bits per heavy atom. The first-order chi connectivity index (χ1) is 16.9. The van der Waals surface area contributed by atoms with Gasteiger partial charge in [0.2, 0.25) is 11.6 Å². The van der Waals surface area contributed by atoms with Crippen LogP contribution in [0.5, 0.6) is 23.0 Å². The predicted molar refractivity (Wildman–Crippen MR) is 135 cm³/mol. The van der Waals surface area contributed by atoms with Crippen LogP contribution in [0.2, 0.25) is 0 Å². The summed E-state index contributed by atoms with van der Waals surface area (Å²) in [5.74, 6) is 2.06. The molecule has 0 bridgehead atoms. The third-order valence-corrected chi connectivity index (χ3v) is 5.26. The molecular weight excluding hydrogens is 446 g/mol. The Morgan fingerprint density at radius 3 is 2.14 bits per heavy atom. The molecule has 0 spiro atoms. The van der Waals surface area contributed by atoms with Gasteiger partial charge in [-0.05, 0) is 74.0 Å². The molecule has 3 aromatic carbocycles. The monoisotopic (exact) mass is 473 g/mol. The van der Waals surface area contributed by atoms with Crippen LogP contribution in [0.25, 0.3) is 22.7 Å². The maximum atomic E-state index is 13.7. The van der Waals surface area contributed by atoms with Gasteiger partial charge in [-0.1, -0.05) is 12.1 Å². The van der Waals surface area contributed by atoms with Crippen LogP contribution in [0, 0.1) is 0 Å². The van der Waals surface area contributed by atoms with Crippen LogP contribution in [-0.4, -0.2) is 38.2 Å². The Balaban J connectivity index is 1.84. The second kappa shape index (κ2) is 10.3. The number of carbonyl (C=O) groups excluding carboxylic acids is 1. The molecule has 4 rings (SSSR count).